The van der Waals surface area contributed by atoms with E-state index in [1.54, 1.807) is 31.2 Å². The van der Waals surface area contributed by atoms with Crippen molar-refractivity contribution in [1.29, 1.82) is 0 Å². The summed E-state index contributed by atoms with van der Waals surface area (Å²) in [7, 11) is 0. The second-order valence-corrected chi connectivity index (χ2v) is 7.46. The Bertz CT molecular complexity index is 972. The lowest BCUT2D eigenvalue weighted by Crippen LogP contribution is -2.35. The number of nitrogens with zero attached hydrogens (tertiary/aromatic N) is 1. The summed E-state index contributed by atoms with van der Waals surface area (Å²) in [6.45, 7) is 4.08. The van der Waals surface area contributed by atoms with Gasteiger partial charge in [-0.15, -0.1) is 11.3 Å². The van der Waals surface area contributed by atoms with Gasteiger partial charge in [-0.3, -0.25) is 4.79 Å². The molecule has 1 N–H and O–H groups in total. The molecule has 7 heteroatoms. The van der Waals surface area contributed by atoms with Crippen LogP contribution in [0.4, 0.5) is 0 Å². The number of aromatic nitrogens is 1. The van der Waals surface area contributed by atoms with E-state index in [-0.39, 0.29) is 18.1 Å². The number of rotatable bonds is 8. The number of amides is 1. The number of carbonyl (C=O) groups is 2. The summed E-state index contributed by atoms with van der Waals surface area (Å²) < 4.78 is 11.1. The van der Waals surface area contributed by atoms with Gasteiger partial charge in [0.15, 0.2) is 6.10 Å². The molecule has 6 nitrogen and oxygen atoms in total. The molecule has 0 aliphatic heterocycles. The topological polar surface area (TPSA) is 77.5 Å². The molecule has 0 saturated carbocycles. The monoisotopic (exact) mass is 410 g/mol. The van der Waals surface area contributed by atoms with Gasteiger partial charge in [-0.25, -0.2) is 9.78 Å². The van der Waals surface area contributed by atoms with Crippen molar-refractivity contribution >= 4 is 23.2 Å². The Hall–Kier alpha value is -3.19. The maximum Gasteiger partial charge on any atom is 0.342 e. The molecular formula is C22H22N2O4S. The highest BCUT2D eigenvalue weighted by molar-refractivity contribution is 7.09. The molecule has 0 aliphatic carbocycles. The average molecular weight is 410 g/mol. The molecule has 0 aliphatic rings. The fourth-order valence-corrected chi connectivity index (χ4v) is 3.19. The smallest absolute Gasteiger partial charge is 0.342 e. The van der Waals surface area contributed by atoms with Crippen molar-refractivity contribution in [3.05, 3.63) is 81.8 Å². The Morgan fingerprint density at radius 1 is 1.10 bits per heavy atom. The molecule has 1 amide bonds. The van der Waals surface area contributed by atoms with Gasteiger partial charge in [0.2, 0.25) is 0 Å². The molecule has 0 bridgehead atoms. The van der Waals surface area contributed by atoms with Crippen LogP contribution in [0.3, 0.4) is 0 Å². The Labute approximate surface area is 173 Å². The van der Waals surface area contributed by atoms with E-state index in [0.717, 1.165) is 16.3 Å². The molecule has 1 aromatic heterocycles. The van der Waals surface area contributed by atoms with Gasteiger partial charge < -0.3 is 14.8 Å². The van der Waals surface area contributed by atoms with E-state index in [9.17, 15) is 9.59 Å². The molecule has 150 valence electrons. The molecule has 0 spiro atoms. The van der Waals surface area contributed by atoms with Crippen LogP contribution in [-0.2, 0) is 22.7 Å². The quantitative estimate of drug-likeness (QED) is 0.570. The van der Waals surface area contributed by atoms with Gasteiger partial charge >= 0.3 is 5.97 Å². The Balaban J connectivity index is 1.57. The number of ether oxygens (including phenoxy) is 2. The van der Waals surface area contributed by atoms with E-state index in [1.165, 1.54) is 11.3 Å². The third-order valence-corrected chi connectivity index (χ3v) is 4.93. The maximum absolute atomic E-state index is 12.6. The van der Waals surface area contributed by atoms with Crippen molar-refractivity contribution in [1.82, 2.24) is 10.3 Å². The van der Waals surface area contributed by atoms with E-state index in [0.29, 0.717) is 12.3 Å². The zero-order chi connectivity index (χ0) is 20.6. The minimum atomic E-state index is -0.930. The predicted molar refractivity (Wildman–Crippen MR) is 111 cm³/mol. The molecule has 0 unspecified atom stereocenters. The van der Waals surface area contributed by atoms with Gasteiger partial charge in [0, 0.05) is 11.9 Å². The molecule has 0 radical (unpaired) electrons. The lowest BCUT2D eigenvalue weighted by atomic mass is 10.2. The molecular weight excluding hydrogens is 388 g/mol. The van der Waals surface area contributed by atoms with Gasteiger partial charge in [0.05, 0.1) is 10.7 Å². The summed E-state index contributed by atoms with van der Waals surface area (Å²) in [6.07, 6.45) is -0.930. The first-order valence-electron chi connectivity index (χ1n) is 9.18. The van der Waals surface area contributed by atoms with Crippen LogP contribution in [0.1, 0.15) is 33.5 Å². The number of benzene rings is 2. The summed E-state index contributed by atoms with van der Waals surface area (Å²) >= 11 is 1.54. The lowest BCUT2D eigenvalue weighted by molar-refractivity contribution is -0.129. The number of thiazole rings is 1. The van der Waals surface area contributed by atoms with Crippen LogP contribution >= 0.6 is 11.3 Å². The summed E-state index contributed by atoms with van der Waals surface area (Å²) in [6, 6.07) is 16.3. The first-order valence-corrected chi connectivity index (χ1v) is 10.1. The summed E-state index contributed by atoms with van der Waals surface area (Å²) in [5, 5.41) is 5.63. The number of esters is 1. The highest BCUT2D eigenvalue weighted by Gasteiger charge is 2.21. The fraction of sp³-hybridized carbons (Fsp3) is 0.227. The van der Waals surface area contributed by atoms with Crippen molar-refractivity contribution in [2.24, 2.45) is 0 Å². The van der Waals surface area contributed by atoms with Crippen LogP contribution in [0.2, 0.25) is 0 Å². The second kappa shape index (κ2) is 9.84. The lowest BCUT2D eigenvalue weighted by Gasteiger charge is -2.15. The van der Waals surface area contributed by atoms with Crippen molar-refractivity contribution in [3.63, 3.8) is 0 Å². The van der Waals surface area contributed by atoms with Crippen LogP contribution in [0.5, 0.6) is 5.75 Å². The van der Waals surface area contributed by atoms with E-state index in [4.69, 9.17) is 9.47 Å². The Kier molecular flexibility index (Phi) is 6.97. The highest BCUT2D eigenvalue weighted by Crippen LogP contribution is 2.21. The zero-order valence-corrected chi connectivity index (χ0v) is 17.1. The molecule has 1 heterocycles. The number of carbonyl (C=O) groups excluding carboxylic acids is 2. The van der Waals surface area contributed by atoms with Gasteiger partial charge in [-0.2, -0.15) is 0 Å². The molecule has 3 rings (SSSR count). The summed E-state index contributed by atoms with van der Waals surface area (Å²) in [5.41, 5.74) is 2.03. The number of nitrogens with one attached hydrogen (secondary N) is 1. The van der Waals surface area contributed by atoms with Gasteiger partial charge in [0.1, 0.15) is 17.9 Å². The minimum absolute atomic E-state index is 0.252. The second-order valence-electron chi connectivity index (χ2n) is 6.39. The van der Waals surface area contributed by atoms with Crippen LogP contribution in [0, 0.1) is 6.92 Å². The molecule has 3 aromatic rings. The van der Waals surface area contributed by atoms with Crippen LogP contribution < -0.4 is 10.1 Å². The highest BCUT2D eigenvalue weighted by atomic mass is 32.1. The standard InChI is InChI=1S/C22H22N2O4S/c1-15(21(25)23-12-17-8-4-3-5-9-17)28-22(26)19-10-6-7-11-20(19)27-13-18-14-29-16(2)24-18/h3-11,14-15H,12-13H2,1-2H3,(H,23,25)/t15-/m0/s1. The van der Waals surface area contributed by atoms with Crippen LogP contribution in [-0.4, -0.2) is 23.0 Å². The van der Waals surface area contributed by atoms with Gasteiger partial charge in [0.25, 0.3) is 5.91 Å². The van der Waals surface area contributed by atoms with Crippen molar-refractivity contribution in [2.45, 2.75) is 33.1 Å². The van der Waals surface area contributed by atoms with E-state index in [2.05, 4.69) is 10.3 Å². The molecule has 0 fully saturated rings. The third-order valence-electron chi connectivity index (χ3n) is 4.11. The maximum atomic E-state index is 12.6. The largest absolute Gasteiger partial charge is 0.486 e. The predicted octanol–water partition coefficient (Wildman–Crippen LogP) is 3.89. The zero-order valence-electron chi connectivity index (χ0n) is 16.3. The van der Waals surface area contributed by atoms with Gasteiger partial charge in [-0.1, -0.05) is 42.5 Å². The number of aryl methyl sites for hydroxylation is 1. The van der Waals surface area contributed by atoms with E-state index in [1.807, 2.05) is 42.6 Å². The first kappa shape index (κ1) is 20.5. The fourth-order valence-electron chi connectivity index (χ4n) is 2.59. The Morgan fingerprint density at radius 2 is 1.83 bits per heavy atom. The average Bonchev–Trinajstić information content (AvgIpc) is 3.16. The van der Waals surface area contributed by atoms with Crippen molar-refractivity contribution < 1.29 is 19.1 Å². The van der Waals surface area contributed by atoms with Crippen LogP contribution in [0.15, 0.2) is 60.0 Å². The van der Waals surface area contributed by atoms with E-state index >= 15 is 0 Å². The summed E-state index contributed by atoms with van der Waals surface area (Å²) in [5.74, 6) is -0.587. The molecule has 29 heavy (non-hydrogen) atoms. The van der Waals surface area contributed by atoms with Crippen LogP contribution in [0.25, 0.3) is 0 Å². The van der Waals surface area contributed by atoms with E-state index < -0.39 is 12.1 Å². The van der Waals surface area contributed by atoms with Crippen molar-refractivity contribution in [3.8, 4) is 5.75 Å². The molecule has 0 saturated heterocycles. The minimum Gasteiger partial charge on any atom is -0.486 e. The normalized spacial score (nSPS) is 11.5. The Morgan fingerprint density at radius 3 is 2.55 bits per heavy atom. The molecule has 1 atom stereocenters. The van der Waals surface area contributed by atoms with Crippen molar-refractivity contribution in [2.75, 3.05) is 0 Å². The van der Waals surface area contributed by atoms with Gasteiger partial charge in [-0.05, 0) is 31.5 Å². The number of hydrogen-bond donors (Lipinski definition) is 1. The number of hydrogen-bond acceptors (Lipinski definition) is 6. The molecule has 2 aromatic carbocycles. The first-order chi connectivity index (χ1) is 14.0. The third kappa shape index (κ3) is 5.89. The number of para-hydroxylation sites is 1. The SMILES string of the molecule is Cc1nc(COc2ccccc2C(=O)O[C@@H](C)C(=O)NCc2ccccc2)cs1. The summed E-state index contributed by atoms with van der Waals surface area (Å²) in [4.78, 5) is 29.2.